The van der Waals surface area contributed by atoms with Crippen molar-refractivity contribution >= 4 is 11.7 Å². The highest BCUT2D eigenvalue weighted by atomic mass is 16.1. The monoisotopic (exact) mass is 337 g/mol. The van der Waals surface area contributed by atoms with E-state index in [4.69, 9.17) is 4.98 Å². The van der Waals surface area contributed by atoms with Crippen molar-refractivity contribution in [2.24, 2.45) is 5.92 Å². The molecule has 1 saturated carbocycles. The normalized spacial score (nSPS) is 16.4. The summed E-state index contributed by atoms with van der Waals surface area (Å²) in [4.78, 5) is 21.9. The first kappa shape index (κ1) is 17.6. The highest BCUT2D eigenvalue weighted by molar-refractivity contribution is 5.92. The van der Waals surface area contributed by atoms with Crippen molar-refractivity contribution in [3.8, 4) is 11.3 Å². The second kappa shape index (κ2) is 8.24. The lowest BCUT2D eigenvalue weighted by Gasteiger charge is -2.23. The molecule has 0 aliphatic heterocycles. The highest BCUT2D eigenvalue weighted by Gasteiger charge is 2.23. The molecule has 1 amide bonds. The van der Waals surface area contributed by atoms with Crippen LogP contribution in [0.3, 0.4) is 0 Å². The number of amides is 1. The zero-order valence-corrected chi connectivity index (χ0v) is 15.2. The van der Waals surface area contributed by atoms with E-state index in [1.165, 1.54) is 19.3 Å². The van der Waals surface area contributed by atoms with Crippen LogP contribution in [-0.4, -0.2) is 15.9 Å². The molecule has 1 heterocycles. The van der Waals surface area contributed by atoms with Crippen LogP contribution in [0, 0.1) is 5.92 Å². The maximum Gasteiger partial charge on any atom is 0.228 e. The number of aromatic nitrogens is 2. The van der Waals surface area contributed by atoms with Crippen LogP contribution in [-0.2, 0) is 4.79 Å². The van der Waals surface area contributed by atoms with Gasteiger partial charge in [-0.3, -0.25) is 4.79 Å². The van der Waals surface area contributed by atoms with Crippen LogP contribution < -0.4 is 5.32 Å². The number of carbonyl (C=O) groups is 1. The Hall–Kier alpha value is -2.23. The van der Waals surface area contributed by atoms with Gasteiger partial charge in [-0.05, 0) is 19.3 Å². The van der Waals surface area contributed by atoms with Gasteiger partial charge in [0.1, 0.15) is 0 Å². The first-order valence-electron chi connectivity index (χ1n) is 9.42. The fourth-order valence-electron chi connectivity index (χ4n) is 3.33. The Bertz CT molecular complexity index is 708. The molecule has 1 aliphatic rings. The van der Waals surface area contributed by atoms with Gasteiger partial charge in [0.05, 0.1) is 17.6 Å². The standard InChI is InChI=1S/C21H27N3O/c1-3-15(2)21(25)24-20-19(17-12-8-5-9-13-17)23-18(14-22-20)16-10-6-4-7-11-16/h4,6-7,10-11,14-15,17H,3,5,8-9,12-13H2,1-2H3,(H,22,24,25). The lowest BCUT2D eigenvalue weighted by molar-refractivity contribution is -0.119. The first-order chi connectivity index (χ1) is 12.2. The average molecular weight is 337 g/mol. The van der Waals surface area contributed by atoms with E-state index >= 15 is 0 Å². The topological polar surface area (TPSA) is 54.9 Å². The van der Waals surface area contributed by atoms with Crippen molar-refractivity contribution < 1.29 is 4.79 Å². The minimum absolute atomic E-state index is 0.0187. The van der Waals surface area contributed by atoms with Crippen LogP contribution in [0.1, 0.15) is 64.0 Å². The predicted molar refractivity (Wildman–Crippen MR) is 101 cm³/mol. The molecule has 1 N–H and O–H groups in total. The number of nitrogens with zero attached hydrogens (tertiary/aromatic N) is 2. The third kappa shape index (κ3) is 4.25. The van der Waals surface area contributed by atoms with Crippen LogP contribution in [0.5, 0.6) is 0 Å². The van der Waals surface area contributed by atoms with E-state index in [-0.39, 0.29) is 11.8 Å². The lowest BCUT2D eigenvalue weighted by Crippen LogP contribution is -2.22. The Morgan fingerprint density at radius 3 is 2.60 bits per heavy atom. The summed E-state index contributed by atoms with van der Waals surface area (Å²) >= 11 is 0. The molecule has 1 fully saturated rings. The largest absolute Gasteiger partial charge is 0.309 e. The van der Waals surface area contributed by atoms with Crippen molar-refractivity contribution in [1.82, 2.24) is 9.97 Å². The van der Waals surface area contributed by atoms with Gasteiger partial charge in [-0.2, -0.15) is 0 Å². The molecule has 0 bridgehead atoms. The van der Waals surface area contributed by atoms with Gasteiger partial charge in [0.15, 0.2) is 5.82 Å². The summed E-state index contributed by atoms with van der Waals surface area (Å²) in [5.74, 6) is 1.05. The van der Waals surface area contributed by atoms with Gasteiger partial charge >= 0.3 is 0 Å². The number of nitrogens with one attached hydrogen (secondary N) is 1. The van der Waals surface area contributed by atoms with Gasteiger partial charge in [0.2, 0.25) is 5.91 Å². The Morgan fingerprint density at radius 1 is 1.20 bits per heavy atom. The number of hydrogen-bond acceptors (Lipinski definition) is 3. The van der Waals surface area contributed by atoms with E-state index in [0.29, 0.717) is 11.7 Å². The third-order valence-corrected chi connectivity index (χ3v) is 5.16. The van der Waals surface area contributed by atoms with Gasteiger partial charge in [-0.1, -0.05) is 63.4 Å². The van der Waals surface area contributed by atoms with Crippen molar-refractivity contribution in [2.75, 3.05) is 5.32 Å². The van der Waals surface area contributed by atoms with Crippen molar-refractivity contribution in [3.63, 3.8) is 0 Å². The first-order valence-corrected chi connectivity index (χ1v) is 9.42. The van der Waals surface area contributed by atoms with Gasteiger partial charge in [0, 0.05) is 17.4 Å². The van der Waals surface area contributed by atoms with E-state index in [9.17, 15) is 4.79 Å². The molecular formula is C21H27N3O. The minimum atomic E-state index is -0.0187. The van der Waals surface area contributed by atoms with Crippen LogP contribution in [0.15, 0.2) is 36.5 Å². The smallest absolute Gasteiger partial charge is 0.228 e. The molecule has 0 saturated heterocycles. The Labute approximate surface area is 150 Å². The predicted octanol–water partition coefficient (Wildman–Crippen LogP) is 5.18. The van der Waals surface area contributed by atoms with Crippen LogP contribution >= 0.6 is 0 Å². The van der Waals surface area contributed by atoms with Gasteiger partial charge < -0.3 is 5.32 Å². The zero-order valence-electron chi connectivity index (χ0n) is 15.2. The summed E-state index contributed by atoms with van der Waals surface area (Å²) in [6.45, 7) is 3.97. The van der Waals surface area contributed by atoms with Crippen LogP contribution in [0.2, 0.25) is 0 Å². The van der Waals surface area contributed by atoms with Gasteiger partial charge in [-0.15, -0.1) is 0 Å². The molecule has 25 heavy (non-hydrogen) atoms. The van der Waals surface area contributed by atoms with Crippen molar-refractivity contribution in [1.29, 1.82) is 0 Å². The Kier molecular flexibility index (Phi) is 5.79. The van der Waals surface area contributed by atoms with Crippen LogP contribution in [0.25, 0.3) is 11.3 Å². The zero-order chi connectivity index (χ0) is 17.6. The maximum absolute atomic E-state index is 12.4. The van der Waals surface area contributed by atoms with E-state index in [0.717, 1.165) is 36.2 Å². The molecule has 3 rings (SSSR count). The van der Waals surface area contributed by atoms with E-state index < -0.39 is 0 Å². The summed E-state index contributed by atoms with van der Waals surface area (Å²) in [6, 6.07) is 10.1. The fourth-order valence-corrected chi connectivity index (χ4v) is 3.33. The number of benzene rings is 1. The van der Waals surface area contributed by atoms with Crippen LogP contribution in [0.4, 0.5) is 5.82 Å². The van der Waals surface area contributed by atoms with Crippen molar-refractivity contribution in [2.45, 2.75) is 58.3 Å². The number of hydrogen-bond donors (Lipinski definition) is 1. The summed E-state index contributed by atoms with van der Waals surface area (Å²) in [5.41, 5.74) is 2.90. The molecule has 0 radical (unpaired) electrons. The Morgan fingerprint density at radius 2 is 1.92 bits per heavy atom. The molecule has 1 unspecified atom stereocenters. The van der Waals surface area contributed by atoms with E-state index in [1.54, 1.807) is 6.20 Å². The molecule has 1 aliphatic carbocycles. The van der Waals surface area contributed by atoms with E-state index in [1.807, 2.05) is 44.2 Å². The quantitative estimate of drug-likeness (QED) is 0.818. The fraction of sp³-hybridized carbons (Fsp3) is 0.476. The maximum atomic E-state index is 12.4. The Balaban J connectivity index is 1.94. The number of anilines is 1. The third-order valence-electron chi connectivity index (χ3n) is 5.16. The second-order valence-electron chi connectivity index (χ2n) is 6.99. The molecule has 4 nitrogen and oxygen atoms in total. The molecule has 132 valence electrons. The molecular weight excluding hydrogens is 310 g/mol. The van der Waals surface area contributed by atoms with Gasteiger partial charge in [0.25, 0.3) is 0 Å². The molecule has 2 aromatic rings. The average Bonchev–Trinajstić information content (AvgIpc) is 2.69. The summed E-state index contributed by atoms with van der Waals surface area (Å²) in [5, 5.41) is 3.02. The molecule has 1 atom stereocenters. The second-order valence-corrected chi connectivity index (χ2v) is 6.99. The summed E-state index contributed by atoms with van der Waals surface area (Å²) < 4.78 is 0. The summed E-state index contributed by atoms with van der Waals surface area (Å²) in [6.07, 6.45) is 8.57. The molecule has 1 aromatic heterocycles. The number of rotatable bonds is 5. The highest BCUT2D eigenvalue weighted by Crippen LogP contribution is 2.35. The summed E-state index contributed by atoms with van der Waals surface area (Å²) in [7, 11) is 0. The molecule has 1 aromatic carbocycles. The van der Waals surface area contributed by atoms with E-state index in [2.05, 4.69) is 10.3 Å². The lowest BCUT2D eigenvalue weighted by atomic mass is 9.86. The van der Waals surface area contributed by atoms with Gasteiger partial charge in [-0.25, -0.2) is 9.97 Å². The molecule has 0 spiro atoms. The van der Waals surface area contributed by atoms with Crippen molar-refractivity contribution in [3.05, 3.63) is 42.2 Å². The molecule has 4 heteroatoms. The minimum Gasteiger partial charge on any atom is -0.309 e. The number of carbonyl (C=O) groups excluding carboxylic acids is 1. The SMILES string of the molecule is CCC(C)C(=O)Nc1ncc(-c2ccccc2)nc1C1CCCCC1.